The highest BCUT2D eigenvalue weighted by atomic mass is 16.1. The number of nitrogens with zero attached hydrogens (tertiary/aromatic N) is 3. The number of rotatable bonds is 5. The van der Waals surface area contributed by atoms with Gasteiger partial charge in [0.2, 0.25) is 5.91 Å². The molecule has 1 heterocycles. The molecule has 1 unspecified atom stereocenters. The first-order valence-electron chi connectivity index (χ1n) is 8.12. The largest absolute Gasteiger partial charge is 0.346 e. The van der Waals surface area contributed by atoms with E-state index in [1.807, 2.05) is 68.5 Å². The van der Waals surface area contributed by atoms with Crippen LogP contribution in [0.1, 0.15) is 29.7 Å². The molecule has 25 heavy (non-hydrogen) atoms. The highest BCUT2D eigenvalue weighted by molar-refractivity contribution is 5.91. The summed E-state index contributed by atoms with van der Waals surface area (Å²) in [5.41, 5.74) is 4.16. The predicted molar refractivity (Wildman–Crippen MR) is 98.1 cm³/mol. The van der Waals surface area contributed by atoms with Crippen LogP contribution in [-0.4, -0.2) is 20.7 Å². The van der Waals surface area contributed by atoms with Gasteiger partial charge in [-0.25, -0.2) is 9.67 Å². The summed E-state index contributed by atoms with van der Waals surface area (Å²) < 4.78 is 1.69. The maximum absolute atomic E-state index is 12.1. The van der Waals surface area contributed by atoms with E-state index in [-0.39, 0.29) is 11.9 Å². The Hall–Kier alpha value is -3.21. The van der Waals surface area contributed by atoms with Gasteiger partial charge in [0, 0.05) is 6.08 Å². The summed E-state index contributed by atoms with van der Waals surface area (Å²) in [4.78, 5) is 16.0. The Balaban J connectivity index is 1.60. The minimum atomic E-state index is -0.117. The molecule has 0 aliphatic rings. The topological polar surface area (TPSA) is 59.8 Å². The molecule has 0 aliphatic carbocycles. The summed E-state index contributed by atoms with van der Waals surface area (Å²) in [5, 5.41) is 7.07. The number of amides is 1. The van der Waals surface area contributed by atoms with Crippen LogP contribution < -0.4 is 5.32 Å². The van der Waals surface area contributed by atoms with Crippen molar-refractivity contribution in [1.82, 2.24) is 20.1 Å². The van der Waals surface area contributed by atoms with Crippen LogP contribution in [-0.2, 0) is 4.79 Å². The van der Waals surface area contributed by atoms with E-state index >= 15 is 0 Å². The van der Waals surface area contributed by atoms with Crippen molar-refractivity contribution in [2.75, 3.05) is 0 Å². The van der Waals surface area contributed by atoms with Gasteiger partial charge in [-0.2, -0.15) is 5.10 Å². The third-order valence-electron chi connectivity index (χ3n) is 3.94. The molecule has 3 aromatic rings. The summed E-state index contributed by atoms with van der Waals surface area (Å²) in [5.74, 6) is -0.117. The fraction of sp³-hybridized carbons (Fsp3) is 0.150. The summed E-state index contributed by atoms with van der Waals surface area (Å²) in [6.07, 6.45) is 6.52. The molecule has 5 heteroatoms. The molecule has 0 bridgehead atoms. The van der Waals surface area contributed by atoms with Crippen LogP contribution in [0.2, 0.25) is 0 Å². The number of hydrogen-bond donors (Lipinski definition) is 1. The lowest BCUT2D eigenvalue weighted by molar-refractivity contribution is -0.117. The van der Waals surface area contributed by atoms with Crippen LogP contribution in [0.5, 0.6) is 0 Å². The minimum Gasteiger partial charge on any atom is -0.346 e. The Bertz CT molecular complexity index is 850. The van der Waals surface area contributed by atoms with E-state index in [0.29, 0.717) is 0 Å². The van der Waals surface area contributed by atoms with Gasteiger partial charge in [0.1, 0.15) is 12.7 Å². The van der Waals surface area contributed by atoms with Crippen LogP contribution in [0.25, 0.3) is 11.8 Å². The van der Waals surface area contributed by atoms with Crippen LogP contribution in [0, 0.1) is 6.92 Å². The second kappa shape index (κ2) is 7.57. The van der Waals surface area contributed by atoms with Gasteiger partial charge >= 0.3 is 0 Å². The monoisotopic (exact) mass is 332 g/mol. The molecule has 0 saturated heterocycles. The zero-order valence-electron chi connectivity index (χ0n) is 14.3. The number of aromatic nitrogens is 3. The molecule has 0 spiro atoms. The Morgan fingerprint density at radius 3 is 2.48 bits per heavy atom. The zero-order chi connectivity index (χ0) is 17.6. The number of carbonyl (C=O) groups excluding carboxylic acids is 1. The van der Waals surface area contributed by atoms with E-state index in [4.69, 9.17) is 0 Å². The maximum atomic E-state index is 12.1. The van der Waals surface area contributed by atoms with Crippen LogP contribution in [0.3, 0.4) is 0 Å². The third kappa shape index (κ3) is 4.41. The van der Waals surface area contributed by atoms with E-state index in [1.54, 1.807) is 17.1 Å². The van der Waals surface area contributed by atoms with Gasteiger partial charge in [-0.15, -0.1) is 0 Å². The van der Waals surface area contributed by atoms with Crippen molar-refractivity contribution >= 4 is 12.0 Å². The van der Waals surface area contributed by atoms with Crippen molar-refractivity contribution in [2.24, 2.45) is 0 Å². The molecule has 126 valence electrons. The van der Waals surface area contributed by atoms with Crippen LogP contribution >= 0.6 is 0 Å². The second-order valence-electron chi connectivity index (χ2n) is 5.91. The molecule has 0 fully saturated rings. The predicted octanol–water partition coefficient (Wildman–Crippen LogP) is 3.47. The van der Waals surface area contributed by atoms with Crippen molar-refractivity contribution in [2.45, 2.75) is 19.9 Å². The van der Waals surface area contributed by atoms with Crippen molar-refractivity contribution < 1.29 is 4.79 Å². The Labute approximate surface area is 147 Å². The van der Waals surface area contributed by atoms with Gasteiger partial charge < -0.3 is 5.32 Å². The molecule has 1 aromatic heterocycles. The molecule has 3 rings (SSSR count). The fourth-order valence-corrected chi connectivity index (χ4v) is 2.45. The van der Waals surface area contributed by atoms with Gasteiger partial charge in [0.25, 0.3) is 0 Å². The van der Waals surface area contributed by atoms with Gasteiger partial charge in [-0.3, -0.25) is 4.79 Å². The first-order valence-corrected chi connectivity index (χ1v) is 8.12. The minimum absolute atomic E-state index is 0.0834. The van der Waals surface area contributed by atoms with Gasteiger partial charge in [0.05, 0.1) is 11.7 Å². The molecule has 0 saturated carbocycles. The van der Waals surface area contributed by atoms with Crippen molar-refractivity contribution in [3.05, 3.63) is 84.0 Å². The number of aryl methyl sites for hydroxylation is 1. The van der Waals surface area contributed by atoms with Gasteiger partial charge in [0.15, 0.2) is 0 Å². The number of hydrogen-bond acceptors (Lipinski definition) is 3. The van der Waals surface area contributed by atoms with Crippen molar-refractivity contribution in [1.29, 1.82) is 0 Å². The summed E-state index contributed by atoms with van der Waals surface area (Å²) >= 11 is 0. The molecular formula is C20H20N4O. The van der Waals surface area contributed by atoms with E-state index in [0.717, 1.165) is 16.8 Å². The lowest BCUT2D eigenvalue weighted by Gasteiger charge is -2.13. The molecule has 5 nitrogen and oxygen atoms in total. The van der Waals surface area contributed by atoms with Crippen LogP contribution in [0.15, 0.2) is 67.3 Å². The molecule has 1 N–H and O–H groups in total. The molecule has 0 radical (unpaired) electrons. The molecule has 1 atom stereocenters. The first kappa shape index (κ1) is 16.6. The molecule has 0 aliphatic heterocycles. The van der Waals surface area contributed by atoms with Crippen molar-refractivity contribution in [3.8, 4) is 5.69 Å². The normalized spacial score (nSPS) is 12.2. The number of benzene rings is 2. The standard InChI is InChI=1S/C20H20N4O/c1-15-3-5-17(6-4-15)7-12-20(25)23-16(2)18-8-10-19(11-9-18)24-14-21-13-22-24/h3-14,16H,1-2H3,(H,23,25)/b12-7+. The molecule has 2 aromatic carbocycles. The van der Waals surface area contributed by atoms with E-state index in [1.165, 1.54) is 11.9 Å². The highest BCUT2D eigenvalue weighted by Crippen LogP contribution is 2.15. The smallest absolute Gasteiger partial charge is 0.244 e. The fourth-order valence-electron chi connectivity index (χ4n) is 2.45. The average molecular weight is 332 g/mol. The second-order valence-corrected chi connectivity index (χ2v) is 5.91. The van der Waals surface area contributed by atoms with Crippen molar-refractivity contribution in [3.63, 3.8) is 0 Å². The quantitative estimate of drug-likeness (QED) is 0.728. The van der Waals surface area contributed by atoms with Crippen LogP contribution in [0.4, 0.5) is 0 Å². The highest BCUT2D eigenvalue weighted by Gasteiger charge is 2.08. The van der Waals surface area contributed by atoms with E-state index in [9.17, 15) is 4.79 Å². The lowest BCUT2D eigenvalue weighted by atomic mass is 10.1. The summed E-state index contributed by atoms with van der Waals surface area (Å²) in [6, 6.07) is 15.8. The van der Waals surface area contributed by atoms with E-state index < -0.39 is 0 Å². The molecular weight excluding hydrogens is 312 g/mol. The maximum Gasteiger partial charge on any atom is 0.244 e. The Morgan fingerprint density at radius 1 is 1.12 bits per heavy atom. The zero-order valence-corrected chi connectivity index (χ0v) is 14.3. The number of nitrogens with one attached hydrogen (secondary N) is 1. The Kier molecular flexibility index (Phi) is 5.04. The first-order chi connectivity index (χ1) is 12.1. The average Bonchev–Trinajstić information content (AvgIpc) is 3.16. The third-order valence-corrected chi connectivity index (χ3v) is 3.94. The Morgan fingerprint density at radius 2 is 1.84 bits per heavy atom. The van der Waals surface area contributed by atoms with Gasteiger partial charge in [-0.1, -0.05) is 42.0 Å². The summed E-state index contributed by atoms with van der Waals surface area (Å²) in [6.45, 7) is 4.00. The number of carbonyl (C=O) groups is 1. The van der Waals surface area contributed by atoms with Gasteiger partial charge in [-0.05, 0) is 43.2 Å². The van der Waals surface area contributed by atoms with E-state index in [2.05, 4.69) is 15.4 Å². The SMILES string of the molecule is Cc1ccc(/C=C/C(=O)NC(C)c2ccc(-n3cncn3)cc2)cc1. The summed E-state index contributed by atoms with van der Waals surface area (Å²) in [7, 11) is 0. The lowest BCUT2D eigenvalue weighted by Crippen LogP contribution is -2.24. The molecule has 1 amide bonds.